The Morgan fingerprint density at radius 1 is 1.36 bits per heavy atom. The number of nitrogens with two attached hydrogens (primary N) is 1. The highest BCUT2D eigenvalue weighted by atomic mass is 14.9. The zero-order chi connectivity index (χ0) is 9.97. The quantitative estimate of drug-likeness (QED) is 0.770. The first kappa shape index (κ1) is 8.79. The van der Waals surface area contributed by atoms with E-state index < -0.39 is 0 Å². The lowest BCUT2D eigenvalue weighted by molar-refractivity contribution is 0.969. The number of aromatic nitrogens is 1. The van der Waals surface area contributed by atoms with Crippen molar-refractivity contribution in [3.05, 3.63) is 36.0 Å². The molecule has 0 amide bonds. The Hall–Kier alpha value is -1.79. The number of hydrogen-bond acceptors (Lipinski definition) is 2. The minimum Gasteiger partial charge on any atom is -0.330 e. The van der Waals surface area contributed by atoms with Crippen molar-refractivity contribution in [3.8, 4) is 6.19 Å². The van der Waals surface area contributed by atoms with Crippen LogP contribution in [0.2, 0.25) is 0 Å². The molecule has 3 heteroatoms. The maximum atomic E-state index is 8.90. The van der Waals surface area contributed by atoms with Gasteiger partial charge in [-0.25, -0.2) is 0 Å². The third-order valence-corrected chi connectivity index (χ3v) is 2.32. The molecule has 0 fully saturated rings. The summed E-state index contributed by atoms with van der Waals surface area (Å²) in [6, 6.07) is 7.87. The molecule has 0 aliphatic carbocycles. The average molecular weight is 185 g/mol. The fraction of sp³-hybridized carbons (Fsp3) is 0.182. The van der Waals surface area contributed by atoms with Crippen molar-refractivity contribution in [3.63, 3.8) is 0 Å². The summed E-state index contributed by atoms with van der Waals surface area (Å²) < 4.78 is 1.58. The molecule has 2 N–H and O–H groups in total. The van der Waals surface area contributed by atoms with Gasteiger partial charge in [-0.15, -0.1) is 0 Å². The zero-order valence-corrected chi connectivity index (χ0v) is 7.77. The number of rotatable bonds is 2. The van der Waals surface area contributed by atoms with Gasteiger partial charge in [-0.1, -0.05) is 18.2 Å². The van der Waals surface area contributed by atoms with Crippen LogP contribution in [0.4, 0.5) is 0 Å². The first-order valence-electron chi connectivity index (χ1n) is 4.56. The normalized spacial score (nSPS) is 10.3. The summed E-state index contributed by atoms with van der Waals surface area (Å²) in [5, 5.41) is 10.0. The largest absolute Gasteiger partial charge is 0.330 e. The SMILES string of the molecule is N#Cn1cc(CCN)c2ccccc21. The van der Waals surface area contributed by atoms with Gasteiger partial charge in [-0.05, 0) is 24.6 Å². The molecule has 0 saturated heterocycles. The van der Waals surface area contributed by atoms with Crippen molar-refractivity contribution < 1.29 is 0 Å². The lowest BCUT2D eigenvalue weighted by atomic mass is 10.1. The third-order valence-electron chi connectivity index (χ3n) is 2.32. The van der Waals surface area contributed by atoms with Gasteiger partial charge in [0, 0.05) is 11.6 Å². The molecule has 2 aromatic rings. The summed E-state index contributed by atoms with van der Waals surface area (Å²) in [5.74, 6) is 0. The van der Waals surface area contributed by atoms with Gasteiger partial charge >= 0.3 is 0 Å². The number of benzene rings is 1. The minimum absolute atomic E-state index is 0.611. The molecule has 0 bridgehead atoms. The maximum Gasteiger partial charge on any atom is 0.188 e. The first-order chi connectivity index (χ1) is 6.86. The molecule has 14 heavy (non-hydrogen) atoms. The standard InChI is InChI=1S/C11H11N3/c12-6-5-9-7-14(8-13)11-4-2-1-3-10(9)11/h1-4,7H,5-6,12H2. The van der Waals surface area contributed by atoms with Gasteiger partial charge in [0.1, 0.15) is 0 Å². The summed E-state index contributed by atoms with van der Waals surface area (Å²) in [4.78, 5) is 0. The monoisotopic (exact) mass is 185 g/mol. The van der Waals surface area contributed by atoms with E-state index in [1.165, 1.54) is 0 Å². The fourth-order valence-electron chi connectivity index (χ4n) is 1.69. The molecule has 0 saturated carbocycles. The van der Waals surface area contributed by atoms with Crippen LogP contribution in [0, 0.1) is 11.5 Å². The van der Waals surface area contributed by atoms with Crippen molar-refractivity contribution in [2.75, 3.05) is 6.54 Å². The molecule has 0 unspecified atom stereocenters. The van der Waals surface area contributed by atoms with Crippen LogP contribution in [0.3, 0.4) is 0 Å². The van der Waals surface area contributed by atoms with E-state index in [4.69, 9.17) is 11.0 Å². The minimum atomic E-state index is 0.611. The second-order valence-corrected chi connectivity index (χ2v) is 3.18. The van der Waals surface area contributed by atoms with Crippen LogP contribution >= 0.6 is 0 Å². The molecule has 0 radical (unpaired) electrons. The van der Waals surface area contributed by atoms with E-state index in [0.29, 0.717) is 6.54 Å². The first-order valence-corrected chi connectivity index (χ1v) is 4.56. The van der Waals surface area contributed by atoms with Gasteiger partial charge in [0.05, 0.1) is 5.52 Å². The third kappa shape index (κ3) is 1.26. The number of para-hydroxylation sites is 1. The van der Waals surface area contributed by atoms with Gasteiger partial charge < -0.3 is 5.73 Å². The highest BCUT2D eigenvalue weighted by Crippen LogP contribution is 2.20. The van der Waals surface area contributed by atoms with Crippen molar-refractivity contribution in [2.24, 2.45) is 5.73 Å². The molecule has 0 atom stereocenters. The summed E-state index contributed by atoms with van der Waals surface area (Å²) in [7, 11) is 0. The van der Waals surface area contributed by atoms with E-state index in [-0.39, 0.29) is 0 Å². The van der Waals surface area contributed by atoms with Crippen LogP contribution in [0.25, 0.3) is 10.9 Å². The molecule has 1 aromatic carbocycles. The number of nitrogens with zero attached hydrogens (tertiary/aromatic N) is 2. The predicted molar refractivity (Wildman–Crippen MR) is 55.7 cm³/mol. The van der Waals surface area contributed by atoms with Crippen LogP contribution in [0.15, 0.2) is 30.5 Å². The number of fused-ring (bicyclic) bond motifs is 1. The molecule has 0 spiro atoms. The number of hydrogen-bond donors (Lipinski definition) is 1. The summed E-state index contributed by atoms with van der Waals surface area (Å²) in [6.45, 7) is 0.611. The van der Waals surface area contributed by atoms with Gasteiger partial charge in [-0.3, -0.25) is 4.57 Å². The molecule has 1 aromatic heterocycles. The Morgan fingerprint density at radius 3 is 2.86 bits per heavy atom. The lowest BCUT2D eigenvalue weighted by Crippen LogP contribution is -2.01. The van der Waals surface area contributed by atoms with E-state index in [0.717, 1.165) is 22.9 Å². The van der Waals surface area contributed by atoms with Gasteiger partial charge in [0.15, 0.2) is 6.19 Å². The van der Waals surface area contributed by atoms with Crippen LogP contribution in [-0.4, -0.2) is 11.1 Å². The van der Waals surface area contributed by atoms with E-state index in [9.17, 15) is 0 Å². The summed E-state index contributed by atoms with van der Waals surface area (Å²) >= 11 is 0. The highest BCUT2D eigenvalue weighted by molar-refractivity contribution is 5.84. The Bertz CT molecular complexity index is 491. The van der Waals surface area contributed by atoms with Gasteiger partial charge in [0.2, 0.25) is 0 Å². The molecular formula is C11H11N3. The number of nitriles is 1. The summed E-state index contributed by atoms with van der Waals surface area (Å²) in [5.41, 5.74) is 7.61. The smallest absolute Gasteiger partial charge is 0.188 e. The fourth-order valence-corrected chi connectivity index (χ4v) is 1.69. The zero-order valence-electron chi connectivity index (χ0n) is 7.77. The van der Waals surface area contributed by atoms with Crippen LogP contribution in [-0.2, 0) is 6.42 Å². The van der Waals surface area contributed by atoms with Crippen LogP contribution in [0.1, 0.15) is 5.56 Å². The molecular weight excluding hydrogens is 174 g/mol. The second-order valence-electron chi connectivity index (χ2n) is 3.18. The second kappa shape index (κ2) is 3.52. The van der Waals surface area contributed by atoms with Gasteiger partial charge in [-0.2, -0.15) is 5.26 Å². The van der Waals surface area contributed by atoms with Crippen molar-refractivity contribution in [2.45, 2.75) is 6.42 Å². The Morgan fingerprint density at radius 2 is 2.14 bits per heavy atom. The molecule has 1 heterocycles. The maximum absolute atomic E-state index is 8.90. The van der Waals surface area contributed by atoms with E-state index in [1.54, 1.807) is 4.57 Å². The lowest BCUT2D eigenvalue weighted by Gasteiger charge is -1.93. The van der Waals surface area contributed by atoms with E-state index >= 15 is 0 Å². The molecule has 70 valence electrons. The van der Waals surface area contributed by atoms with E-state index in [1.807, 2.05) is 30.5 Å². The Labute approximate surface area is 82.4 Å². The van der Waals surface area contributed by atoms with E-state index in [2.05, 4.69) is 6.19 Å². The average Bonchev–Trinajstić information content (AvgIpc) is 2.58. The summed E-state index contributed by atoms with van der Waals surface area (Å²) in [6.07, 6.45) is 4.80. The van der Waals surface area contributed by atoms with Crippen LogP contribution < -0.4 is 5.73 Å². The molecule has 3 nitrogen and oxygen atoms in total. The van der Waals surface area contributed by atoms with Crippen molar-refractivity contribution in [1.82, 2.24) is 4.57 Å². The molecule has 0 aliphatic heterocycles. The highest BCUT2D eigenvalue weighted by Gasteiger charge is 2.05. The van der Waals surface area contributed by atoms with Gasteiger partial charge in [0.25, 0.3) is 0 Å². The predicted octanol–water partition coefficient (Wildman–Crippen LogP) is 1.47. The van der Waals surface area contributed by atoms with Crippen molar-refractivity contribution >= 4 is 10.9 Å². The molecule has 2 rings (SSSR count). The Kier molecular flexibility index (Phi) is 2.21. The van der Waals surface area contributed by atoms with Crippen LogP contribution in [0.5, 0.6) is 0 Å². The topological polar surface area (TPSA) is 54.7 Å². The Balaban J connectivity index is 2.68. The van der Waals surface area contributed by atoms with Crippen molar-refractivity contribution in [1.29, 1.82) is 5.26 Å². The molecule has 0 aliphatic rings.